The molecule has 0 spiro atoms. The average molecular weight is 529 g/mol. The molecule has 2 aliphatic heterocycles. The van der Waals surface area contributed by atoms with Crippen LogP contribution in [0.5, 0.6) is 0 Å². The summed E-state index contributed by atoms with van der Waals surface area (Å²) in [6, 6.07) is 23.7. The van der Waals surface area contributed by atoms with Crippen LogP contribution in [0.4, 0.5) is 5.69 Å². The highest BCUT2D eigenvalue weighted by Gasteiger charge is 2.39. The van der Waals surface area contributed by atoms with E-state index in [-0.39, 0.29) is 36.5 Å². The third kappa shape index (κ3) is 5.25. The SMILES string of the molecule is C[C@H]1[C@@H](CN2CCC(n3c(=O)[nH]c4ccccc43)CC2)OC(c2cccc(N)c2)O[C@H]1c1ccc(CO)cc1. The summed E-state index contributed by atoms with van der Waals surface area (Å²) < 4.78 is 15.1. The second-order valence-corrected chi connectivity index (χ2v) is 10.8. The summed E-state index contributed by atoms with van der Waals surface area (Å²) in [6.45, 7) is 4.76. The number of nitrogen functional groups attached to an aromatic ring is 1. The summed E-state index contributed by atoms with van der Waals surface area (Å²) >= 11 is 0. The summed E-state index contributed by atoms with van der Waals surface area (Å²) in [4.78, 5) is 18.2. The molecule has 1 aromatic heterocycles. The number of hydrogen-bond donors (Lipinski definition) is 3. The van der Waals surface area contributed by atoms with E-state index in [1.807, 2.05) is 77.4 Å². The summed E-state index contributed by atoms with van der Waals surface area (Å²) in [6.07, 6.45) is 1.07. The molecule has 8 nitrogen and oxygen atoms in total. The van der Waals surface area contributed by atoms with E-state index in [0.717, 1.165) is 60.2 Å². The molecule has 2 aliphatic rings. The van der Waals surface area contributed by atoms with Gasteiger partial charge in [0.15, 0.2) is 6.29 Å². The summed E-state index contributed by atoms with van der Waals surface area (Å²) in [7, 11) is 0. The van der Waals surface area contributed by atoms with Gasteiger partial charge in [0.25, 0.3) is 0 Å². The van der Waals surface area contributed by atoms with Gasteiger partial charge in [0.2, 0.25) is 0 Å². The zero-order chi connectivity index (χ0) is 26.9. The largest absolute Gasteiger partial charge is 0.399 e. The normalized spacial score (nSPS) is 24.8. The predicted molar refractivity (Wildman–Crippen MR) is 151 cm³/mol. The first-order valence-corrected chi connectivity index (χ1v) is 13.8. The predicted octanol–water partition coefficient (Wildman–Crippen LogP) is 4.53. The Kier molecular flexibility index (Phi) is 7.27. The number of anilines is 1. The van der Waals surface area contributed by atoms with E-state index in [4.69, 9.17) is 15.2 Å². The van der Waals surface area contributed by atoms with Crippen LogP contribution < -0.4 is 11.4 Å². The molecule has 0 radical (unpaired) electrons. The Labute approximate surface area is 228 Å². The lowest BCUT2D eigenvalue weighted by molar-refractivity contribution is -0.276. The third-order valence-corrected chi connectivity index (χ3v) is 8.29. The van der Waals surface area contributed by atoms with Crippen molar-refractivity contribution in [3.63, 3.8) is 0 Å². The number of likely N-dealkylation sites (tertiary alicyclic amines) is 1. The number of rotatable bonds is 6. The molecule has 204 valence electrons. The van der Waals surface area contributed by atoms with E-state index in [1.165, 1.54) is 0 Å². The van der Waals surface area contributed by atoms with E-state index < -0.39 is 6.29 Å². The topological polar surface area (TPSA) is 106 Å². The summed E-state index contributed by atoms with van der Waals surface area (Å²) in [5, 5.41) is 9.49. The van der Waals surface area contributed by atoms with Crippen molar-refractivity contribution >= 4 is 16.7 Å². The molecule has 3 heterocycles. The number of para-hydroxylation sites is 2. The van der Waals surface area contributed by atoms with Gasteiger partial charge in [-0.3, -0.25) is 4.57 Å². The standard InChI is InChI=1S/C31H36N4O4/c1-20-28(18-34-15-13-25(14-16-34)35-27-8-3-2-7-26(27)33-31(35)37)38-30(23-5-4-6-24(32)17-23)39-29(20)22-11-9-21(19-36)10-12-22/h2-12,17,20,25,28-30,36H,13-16,18-19,32H2,1H3,(H,33,37)/t20-,28+,29+,30?/m0/s1. The first-order valence-electron chi connectivity index (χ1n) is 13.8. The number of ether oxygens (including phenoxy) is 2. The molecule has 4 N–H and O–H groups in total. The van der Waals surface area contributed by atoms with Gasteiger partial charge in [-0.1, -0.05) is 55.5 Å². The molecule has 1 unspecified atom stereocenters. The molecule has 3 aromatic carbocycles. The Morgan fingerprint density at radius 2 is 1.74 bits per heavy atom. The highest BCUT2D eigenvalue weighted by atomic mass is 16.7. The number of fused-ring (bicyclic) bond motifs is 1. The van der Waals surface area contributed by atoms with Crippen LogP contribution in [-0.4, -0.2) is 45.3 Å². The molecule has 8 heteroatoms. The Bertz CT molecular complexity index is 1470. The molecule has 4 aromatic rings. The zero-order valence-electron chi connectivity index (χ0n) is 22.2. The minimum Gasteiger partial charge on any atom is -0.399 e. The molecular formula is C31H36N4O4. The number of nitrogens with zero attached hydrogens (tertiary/aromatic N) is 2. The van der Waals surface area contributed by atoms with E-state index in [1.54, 1.807) is 0 Å². The molecule has 0 aliphatic carbocycles. The van der Waals surface area contributed by atoms with Gasteiger partial charge in [-0.25, -0.2) is 4.79 Å². The van der Waals surface area contributed by atoms with Crippen molar-refractivity contribution in [1.29, 1.82) is 0 Å². The number of nitrogens with two attached hydrogens (primary N) is 1. The fourth-order valence-electron chi connectivity index (χ4n) is 6.09. The van der Waals surface area contributed by atoms with Crippen LogP contribution in [0.2, 0.25) is 0 Å². The molecule has 0 saturated carbocycles. The molecule has 0 bridgehead atoms. The van der Waals surface area contributed by atoms with Crippen molar-refractivity contribution in [3.05, 3.63) is 100.0 Å². The number of benzene rings is 3. The van der Waals surface area contributed by atoms with Crippen molar-refractivity contribution in [2.45, 2.75) is 50.9 Å². The van der Waals surface area contributed by atoms with Gasteiger partial charge < -0.3 is 30.2 Å². The average Bonchev–Trinajstić information content (AvgIpc) is 3.30. The van der Waals surface area contributed by atoms with Crippen LogP contribution in [0.15, 0.2) is 77.6 Å². The van der Waals surface area contributed by atoms with Gasteiger partial charge in [0, 0.05) is 42.8 Å². The Hall–Kier alpha value is -3.43. The Morgan fingerprint density at radius 3 is 2.49 bits per heavy atom. The number of piperidine rings is 1. The maximum absolute atomic E-state index is 12.7. The number of nitrogens with one attached hydrogen (secondary N) is 1. The van der Waals surface area contributed by atoms with Crippen molar-refractivity contribution in [3.8, 4) is 0 Å². The number of H-pyrrole nitrogens is 1. The lowest BCUT2D eigenvalue weighted by Crippen LogP contribution is -2.47. The minimum absolute atomic E-state index is 0.0135. The van der Waals surface area contributed by atoms with E-state index in [2.05, 4.69) is 16.8 Å². The molecule has 39 heavy (non-hydrogen) atoms. The maximum atomic E-state index is 12.7. The number of hydrogen-bond acceptors (Lipinski definition) is 6. The van der Waals surface area contributed by atoms with Crippen molar-refractivity contribution in [2.75, 3.05) is 25.4 Å². The molecule has 4 atom stereocenters. The number of aromatic amines is 1. The number of aromatic nitrogens is 2. The summed E-state index contributed by atoms with van der Waals surface area (Å²) in [5.41, 5.74) is 11.4. The number of aliphatic hydroxyl groups excluding tert-OH is 1. The zero-order valence-corrected chi connectivity index (χ0v) is 22.2. The van der Waals surface area contributed by atoms with E-state index in [0.29, 0.717) is 5.69 Å². The fraction of sp³-hybridized carbons (Fsp3) is 0.387. The lowest BCUT2D eigenvalue weighted by atomic mass is 9.89. The van der Waals surface area contributed by atoms with Gasteiger partial charge in [0.05, 0.1) is 29.8 Å². The number of imidazole rings is 1. The quantitative estimate of drug-likeness (QED) is 0.318. The third-order valence-electron chi connectivity index (χ3n) is 8.29. The van der Waals surface area contributed by atoms with E-state index >= 15 is 0 Å². The van der Waals surface area contributed by atoms with Gasteiger partial charge in [-0.15, -0.1) is 0 Å². The molecule has 2 fully saturated rings. The Morgan fingerprint density at radius 1 is 0.974 bits per heavy atom. The van der Waals surface area contributed by atoms with Crippen LogP contribution in [0.3, 0.4) is 0 Å². The first-order chi connectivity index (χ1) is 19.0. The molecule has 6 rings (SSSR count). The smallest absolute Gasteiger partial charge is 0.326 e. The second kappa shape index (κ2) is 11.0. The second-order valence-electron chi connectivity index (χ2n) is 10.8. The number of aliphatic hydroxyl groups is 1. The first kappa shape index (κ1) is 25.8. The maximum Gasteiger partial charge on any atom is 0.326 e. The van der Waals surface area contributed by atoms with Crippen LogP contribution in [0, 0.1) is 5.92 Å². The molecular weight excluding hydrogens is 492 g/mol. The lowest BCUT2D eigenvalue weighted by Gasteiger charge is -2.44. The van der Waals surface area contributed by atoms with Crippen LogP contribution >= 0.6 is 0 Å². The monoisotopic (exact) mass is 528 g/mol. The highest BCUT2D eigenvalue weighted by Crippen LogP contribution is 2.42. The van der Waals surface area contributed by atoms with Crippen LogP contribution in [0.1, 0.15) is 54.9 Å². The molecule has 0 amide bonds. The van der Waals surface area contributed by atoms with Gasteiger partial charge in [-0.05, 0) is 48.2 Å². The van der Waals surface area contributed by atoms with Gasteiger partial charge in [-0.2, -0.15) is 0 Å². The van der Waals surface area contributed by atoms with Crippen molar-refractivity contribution < 1.29 is 14.6 Å². The van der Waals surface area contributed by atoms with Gasteiger partial charge in [0.1, 0.15) is 0 Å². The van der Waals surface area contributed by atoms with Gasteiger partial charge >= 0.3 is 5.69 Å². The molecule has 2 saturated heterocycles. The van der Waals surface area contributed by atoms with Crippen molar-refractivity contribution in [1.82, 2.24) is 14.5 Å². The van der Waals surface area contributed by atoms with E-state index in [9.17, 15) is 9.90 Å². The van der Waals surface area contributed by atoms with Crippen LogP contribution in [-0.2, 0) is 16.1 Å². The van der Waals surface area contributed by atoms with Crippen LogP contribution in [0.25, 0.3) is 11.0 Å². The minimum atomic E-state index is -0.528. The fourth-order valence-corrected chi connectivity index (χ4v) is 6.09. The van der Waals surface area contributed by atoms with Crippen molar-refractivity contribution in [2.24, 2.45) is 5.92 Å². The summed E-state index contributed by atoms with van der Waals surface area (Å²) in [5.74, 6) is 0.108. The Balaban J connectivity index is 1.19. The highest BCUT2D eigenvalue weighted by molar-refractivity contribution is 5.75.